The third-order valence-corrected chi connectivity index (χ3v) is 5.63. The fraction of sp³-hybridized carbons (Fsp3) is 0.391. The molecule has 3 rings (SSSR count). The predicted octanol–water partition coefficient (Wildman–Crippen LogP) is 3.86. The van der Waals surface area contributed by atoms with Gasteiger partial charge in [-0.2, -0.15) is 0 Å². The van der Waals surface area contributed by atoms with E-state index in [9.17, 15) is 9.59 Å². The Kier molecular flexibility index (Phi) is 7.29. The smallest absolute Gasteiger partial charge is 0.253 e. The largest absolute Gasteiger partial charge is 0.336 e. The van der Waals surface area contributed by atoms with Crippen molar-refractivity contribution in [1.82, 2.24) is 9.80 Å². The minimum absolute atomic E-state index is 0.00178. The molecule has 1 aliphatic heterocycles. The Morgan fingerprint density at radius 1 is 0.931 bits per heavy atom. The van der Waals surface area contributed by atoms with Crippen LogP contribution in [0, 0.1) is 0 Å². The molecule has 29 heavy (non-hydrogen) atoms. The summed E-state index contributed by atoms with van der Waals surface area (Å²) < 4.78 is 0. The molecule has 2 aromatic carbocycles. The fourth-order valence-corrected chi connectivity index (χ4v) is 3.80. The summed E-state index contributed by atoms with van der Waals surface area (Å²) in [5, 5.41) is 3.74. The summed E-state index contributed by atoms with van der Waals surface area (Å²) in [6.45, 7) is 7.12. The summed E-state index contributed by atoms with van der Waals surface area (Å²) in [5.41, 5.74) is 3.93. The van der Waals surface area contributed by atoms with E-state index in [4.69, 9.17) is 11.6 Å². The van der Waals surface area contributed by atoms with E-state index in [0.29, 0.717) is 43.3 Å². The summed E-state index contributed by atoms with van der Waals surface area (Å²) in [5.74, 6) is 0.00769. The van der Waals surface area contributed by atoms with E-state index in [0.717, 1.165) is 29.7 Å². The molecular weight excluding hydrogens is 386 g/mol. The Bertz CT molecular complexity index is 837. The van der Waals surface area contributed by atoms with Crippen LogP contribution < -0.4 is 5.32 Å². The topological polar surface area (TPSA) is 52.7 Å². The fourth-order valence-electron chi connectivity index (χ4n) is 3.67. The highest BCUT2D eigenvalue weighted by Crippen LogP contribution is 2.22. The molecule has 5 nitrogen and oxygen atoms in total. The highest BCUT2D eigenvalue weighted by Gasteiger charge is 2.23. The van der Waals surface area contributed by atoms with Gasteiger partial charge in [-0.3, -0.25) is 14.5 Å². The van der Waals surface area contributed by atoms with Gasteiger partial charge in [0.1, 0.15) is 0 Å². The molecule has 1 aliphatic rings. The molecule has 0 aliphatic carbocycles. The second-order valence-corrected chi connectivity index (χ2v) is 7.72. The van der Waals surface area contributed by atoms with Crippen molar-refractivity contribution < 1.29 is 9.59 Å². The maximum Gasteiger partial charge on any atom is 0.253 e. The summed E-state index contributed by atoms with van der Waals surface area (Å²) in [6, 6.07) is 13.1. The summed E-state index contributed by atoms with van der Waals surface area (Å²) in [6.07, 6.45) is 1.77. The molecule has 0 spiro atoms. The number of amides is 2. The van der Waals surface area contributed by atoms with Crippen molar-refractivity contribution >= 4 is 29.1 Å². The predicted molar refractivity (Wildman–Crippen MR) is 118 cm³/mol. The molecule has 1 heterocycles. The van der Waals surface area contributed by atoms with Crippen molar-refractivity contribution in [2.45, 2.75) is 26.7 Å². The Balaban J connectivity index is 1.54. The van der Waals surface area contributed by atoms with Crippen molar-refractivity contribution in [2.75, 3.05) is 38.0 Å². The van der Waals surface area contributed by atoms with Crippen molar-refractivity contribution in [1.29, 1.82) is 0 Å². The van der Waals surface area contributed by atoms with Gasteiger partial charge < -0.3 is 10.2 Å². The first-order valence-electron chi connectivity index (χ1n) is 10.2. The van der Waals surface area contributed by atoms with Crippen LogP contribution in [0.4, 0.5) is 5.69 Å². The van der Waals surface area contributed by atoms with Crippen LogP contribution in [-0.2, 0) is 17.6 Å². The van der Waals surface area contributed by atoms with E-state index >= 15 is 0 Å². The lowest BCUT2D eigenvalue weighted by molar-refractivity contribution is -0.117. The van der Waals surface area contributed by atoms with Gasteiger partial charge in [-0.25, -0.2) is 0 Å². The number of carbonyl (C=O) groups excluding carboxylic acids is 2. The van der Waals surface area contributed by atoms with Gasteiger partial charge in [0.25, 0.3) is 5.91 Å². The number of aryl methyl sites for hydroxylation is 2. The molecule has 0 atom stereocenters. The van der Waals surface area contributed by atoms with Crippen LogP contribution in [0.15, 0.2) is 42.5 Å². The van der Waals surface area contributed by atoms with Crippen LogP contribution in [0.1, 0.15) is 35.3 Å². The number of rotatable bonds is 6. The van der Waals surface area contributed by atoms with Gasteiger partial charge in [0.2, 0.25) is 5.91 Å². The molecule has 1 fully saturated rings. The van der Waals surface area contributed by atoms with Crippen LogP contribution in [0.3, 0.4) is 0 Å². The normalized spacial score (nSPS) is 14.7. The molecule has 1 saturated heterocycles. The quantitative estimate of drug-likeness (QED) is 0.782. The standard InChI is InChI=1S/C23H28ClN3O2/c1-3-17-6-5-7-18(4-2)22(17)25-21(28)16-26-12-14-27(15-13-26)23(29)19-8-10-20(24)11-9-19/h5-11H,3-4,12-16H2,1-2H3,(H,25,28). The van der Waals surface area contributed by atoms with Gasteiger partial charge >= 0.3 is 0 Å². The number of anilines is 1. The Labute approximate surface area is 177 Å². The van der Waals surface area contributed by atoms with Crippen LogP contribution in [0.25, 0.3) is 0 Å². The summed E-state index contributed by atoms with van der Waals surface area (Å²) in [4.78, 5) is 29.2. The minimum atomic E-state index is -0.00178. The van der Waals surface area contributed by atoms with E-state index in [1.165, 1.54) is 0 Å². The molecule has 1 N–H and O–H groups in total. The molecule has 2 amide bonds. The van der Waals surface area contributed by atoms with Crippen molar-refractivity contribution in [3.05, 3.63) is 64.2 Å². The van der Waals surface area contributed by atoms with E-state index in [-0.39, 0.29) is 11.8 Å². The third kappa shape index (κ3) is 5.37. The lowest BCUT2D eigenvalue weighted by Crippen LogP contribution is -2.50. The first kappa shape index (κ1) is 21.3. The Morgan fingerprint density at radius 2 is 1.52 bits per heavy atom. The molecular formula is C23H28ClN3O2. The van der Waals surface area contributed by atoms with E-state index in [1.807, 2.05) is 11.0 Å². The number of hydrogen-bond acceptors (Lipinski definition) is 3. The molecule has 154 valence electrons. The molecule has 0 unspecified atom stereocenters. The summed E-state index contributed by atoms with van der Waals surface area (Å²) in [7, 11) is 0. The first-order chi connectivity index (χ1) is 14.0. The maximum atomic E-state index is 12.6. The lowest BCUT2D eigenvalue weighted by Gasteiger charge is -2.34. The van der Waals surface area contributed by atoms with Crippen LogP contribution >= 0.6 is 11.6 Å². The van der Waals surface area contributed by atoms with E-state index in [2.05, 4.69) is 36.2 Å². The highest BCUT2D eigenvalue weighted by atomic mass is 35.5. The number of hydrogen-bond donors (Lipinski definition) is 1. The van der Waals surface area contributed by atoms with Crippen molar-refractivity contribution in [2.24, 2.45) is 0 Å². The summed E-state index contributed by atoms with van der Waals surface area (Å²) >= 11 is 5.90. The molecule has 0 bridgehead atoms. The van der Waals surface area contributed by atoms with Crippen molar-refractivity contribution in [3.63, 3.8) is 0 Å². The first-order valence-corrected chi connectivity index (χ1v) is 10.6. The number of halogens is 1. The van der Waals surface area contributed by atoms with Gasteiger partial charge in [0.15, 0.2) is 0 Å². The molecule has 2 aromatic rings. The average Bonchev–Trinajstić information content (AvgIpc) is 2.74. The van der Waals surface area contributed by atoms with Gasteiger partial charge in [0, 0.05) is 42.5 Å². The second-order valence-electron chi connectivity index (χ2n) is 7.28. The average molecular weight is 414 g/mol. The third-order valence-electron chi connectivity index (χ3n) is 5.38. The molecule has 0 radical (unpaired) electrons. The molecule has 0 saturated carbocycles. The highest BCUT2D eigenvalue weighted by molar-refractivity contribution is 6.30. The van der Waals surface area contributed by atoms with E-state index in [1.54, 1.807) is 24.3 Å². The molecule has 0 aromatic heterocycles. The van der Waals surface area contributed by atoms with Gasteiger partial charge in [-0.1, -0.05) is 43.6 Å². The maximum absolute atomic E-state index is 12.6. The Hall–Kier alpha value is -2.37. The SMILES string of the molecule is CCc1cccc(CC)c1NC(=O)CN1CCN(C(=O)c2ccc(Cl)cc2)CC1. The molecule has 6 heteroatoms. The number of carbonyl (C=O) groups is 2. The zero-order chi connectivity index (χ0) is 20.8. The van der Waals surface area contributed by atoms with Gasteiger partial charge in [-0.15, -0.1) is 0 Å². The monoisotopic (exact) mass is 413 g/mol. The van der Waals surface area contributed by atoms with Crippen LogP contribution in [-0.4, -0.2) is 54.3 Å². The zero-order valence-electron chi connectivity index (χ0n) is 17.1. The number of benzene rings is 2. The zero-order valence-corrected chi connectivity index (χ0v) is 17.8. The minimum Gasteiger partial charge on any atom is -0.336 e. The number of para-hydroxylation sites is 1. The van der Waals surface area contributed by atoms with Gasteiger partial charge in [0.05, 0.1) is 6.54 Å². The van der Waals surface area contributed by atoms with E-state index < -0.39 is 0 Å². The second kappa shape index (κ2) is 9.90. The Morgan fingerprint density at radius 3 is 2.07 bits per heavy atom. The van der Waals surface area contributed by atoms with Crippen LogP contribution in [0.2, 0.25) is 5.02 Å². The van der Waals surface area contributed by atoms with Crippen LogP contribution in [0.5, 0.6) is 0 Å². The number of piperazine rings is 1. The van der Waals surface area contributed by atoms with Crippen molar-refractivity contribution in [3.8, 4) is 0 Å². The number of nitrogens with one attached hydrogen (secondary N) is 1. The lowest BCUT2D eigenvalue weighted by atomic mass is 10.0. The van der Waals surface area contributed by atoms with Gasteiger partial charge in [-0.05, 0) is 48.2 Å². The number of nitrogens with zero attached hydrogens (tertiary/aromatic N) is 2.